The van der Waals surface area contributed by atoms with E-state index in [0.717, 1.165) is 4.90 Å². The minimum Gasteiger partial charge on any atom is -0.397 e. The molecule has 0 fully saturated rings. The van der Waals surface area contributed by atoms with Gasteiger partial charge in [-0.25, -0.2) is 0 Å². The number of aliphatic hydroxyl groups is 1. The highest BCUT2D eigenvalue weighted by Gasteiger charge is 2.39. The maximum atomic E-state index is 11.8. The summed E-state index contributed by atoms with van der Waals surface area (Å²) < 4.78 is 5.15. The summed E-state index contributed by atoms with van der Waals surface area (Å²) >= 11 is 5.69. The third-order valence-corrected chi connectivity index (χ3v) is 3.05. The van der Waals surface area contributed by atoms with Crippen LogP contribution in [-0.4, -0.2) is 22.4 Å². The quantitative estimate of drug-likeness (QED) is 0.796. The Morgan fingerprint density at radius 1 is 1.56 bits per heavy atom. The van der Waals surface area contributed by atoms with Gasteiger partial charge in [0.25, 0.3) is 5.91 Å². The van der Waals surface area contributed by atoms with Crippen LogP contribution >= 0.6 is 11.6 Å². The number of hydrogen-bond donors (Lipinski definition) is 2. The molecule has 7 heteroatoms. The molecular weight excluding hydrogens is 258 g/mol. The van der Waals surface area contributed by atoms with E-state index in [2.05, 4.69) is 5.16 Å². The Balaban J connectivity index is 2.35. The van der Waals surface area contributed by atoms with Gasteiger partial charge in [-0.15, -0.1) is 0 Å². The van der Waals surface area contributed by atoms with Gasteiger partial charge in [-0.05, 0) is 0 Å². The molecule has 0 saturated heterocycles. The highest BCUT2D eigenvalue weighted by molar-refractivity contribution is 6.45. The van der Waals surface area contributed by atoms with Crippen molar-refractivity contribution in [3.8, 4) is 0 Å². The van der Waals surface area contributed by atoms with E-state index in [-0.39, 0.29) is 22.0 Å². The molecule has 0 spiro atoms. The first-order valence-corrected chi connectivity index (χ1v) is 5.75. The number of carbonyl (C=O) groups excluding carboxylic acids is 1. The SMILES string of the molecule is CC(C)(C)c1cc(N2C(=O)C(Cl)=C(N)C2O)no1. The summed E-state index contributed by atoms with van der Waals surface area (Å²) in [6.45, 7) is 5.83. The maximum absolute atomic E-state index is 11.8. The predicted octanol–water partition coefficient (Wildman–Crippen LogP) is 1.05. The first kappa shape index (κ1) is 12.9. The summed E-state index contributed by atoms with van der Waals surface area (Å²) in [5.74, 6) is 0.200. The summed E-state index contributed by atoms with van der Waals surface area (Å²) in [5.41, 5.74) is 5.18. The second kappa shape index (κ2) is 4.00. The molecule has 0 aliphatic carbocycles. The Kier molecular flexibility index (Phi) is 2.87. The molecule has 0 saturated carbocycles. The molecule has 1 amide bonds. The average molecular weight is 272 g/mol. The number of nitrogens with zero attached hydrogens (tertiary/aromatic N) is 2. The number of amides is 1. The molecule has 0 aromatic carbocycles. The zero-order chi connectivity index (χ0) is 13.7. The van der Waals surface area contributed by atoms with Gasteiger partial charge < -0.3 is 15.4 Å². The van der Waals surface area contributed by atoms with Gasteiger partial charge in [0.1, 0.15) is 10.8 Å². The van der Waals surface area contributed by atoms with Crippen molar-refractivity contribution < 1.29 is 14.4 Å². The third-order valence-electron chi connectivity index (χ3n) is 2.67. The highest BCUT2D eigenvalue weighted by atomic mass is 35.5. The summed E-state index contributed by atoms with van der Waals surface area (Å²) in [7, 11) is 0. The Bertz CT molecular complexity index is 530. The molecule has 2 heterocycles. The average Bonchev–Trinajstić information content (AvgIpc) is 2.81. The number of aromatic nitrogens is 1. The molecule has 98 valence electrons. The van der Waals surface area contributed by atoms with Gasteiger partial charge in [-0.2, -0.15) is 0 Å². The number of rotatable bonds is 1. The van der Waals surface area contributed by atoms with Gasteiger partial charge in [0.05, 0.1) is 5.70 Å². The molecule has 1 aliphatic rings. The topological polar surface area (TPSA) is 92.6 Å². The lowest BCUT2D eigenvalue weighted by atomic mass is 9.93. The normalized spacial score (nSPS) is 21.1. The van der Waals surface area contributed by atoms with Crippen LogP contribution in [-0.2, 0) is 10.2 Å². The standard InChI is InChI=1S/C11H14ClN3O3/c1-11(2,3)5-4-6(14-18-5)15-9(16)7(12)8(13)10(15)17/h4,10,17H,13H2,1-3H3. The first-order chi connectivity index (χ1) is 8.23. The minimum absolute atomic E-state index is 0.0815. The van der Waals surface area contributed by atoms with E-state index in [9.17, 15) is 9.90 Å². The van der Waals surface area contributed by atoms with E-state index >= 15 is 0 Å². The van der Waals surface area contributed by atoms with Crippen molar-refractivity contribution in [2.45, 2.75) is 32.4 Å². The van der Waals surface area contributed by atoms with Crippen LogP contribution in [0.15, 0.2) is 21.3 Å². The fraction of sp³-hybridized carbons (Fsp3) is 0.455. The van der Waals surface area contributed by atoms with E-state index in [4.69, 9.17) is 21.9 Å². The highest BCUT2D eigenvalue weighted by Crippen LogP contribution is 2.32. The number of anilines is 1. The van der Waals surface area contributed by atoms with E-state index in [1.165, 1.54) is 0 Å². The van der Waals surface area contributed by atoms with Crippen molar-refractivity contribution >= 4 is 23.3 Å². The number of nitrogens with two attached hydrogens (primary N) is 1. The zero-order valence-corrected chi connectivity index (χ0v) is 11.0. The van der Waals surface area contributed by atoms with Gasteiger partial charge in [0, 0.05) is 11.5 Å². The van der Waals surface area contributed by atoms with Crippen LogP contribution in [0.2, 0.25) is 0 Å². The van der Waals surface area contributed by atoms with Crippen molar-refractivity contribution in [3.05, 3.63) is 22.6 Å². The monoisotopic (exact) mass is 271 g/mol. The number of carbonyl (C=O) groups is 1. The van der Waals surface area contributed by atoms with E-state index in [1.54, 1.807) is 6.07 Å². The van der Waals surface area contributed by atoms with Crippen LogP contribution in [0.3, 0.4) is 0 Å². The lowest BCUT2D eigenvalue weighted by Crippen LogP contribution is -2.36. The molecule has 2 rings (SSSR count). The summed E-state index contributed by atoms with van der Waals surface area (Å²) in [6.07, 6.45) is -1.30. The van der Waals surface area contributed by atoms with Gasteiger partial charge in [0.15, 0.2) is 12.0 Å². The van der Waals surface area contributed by atoms with Crippen molar-refractivity contribution in [2.75, 3.05) is 4.90 Å². The Morgan fingerprint density at radius 3 is 2.56 bits per heavy atom. The molecule has 3 N–H and O–H groups in total. The van der Waals surface area contributed by atoms with E-state index < -0.39 is 12.1 Å². The number of aliphatic hydroxyl groups excluding tert-OH is 1. The van der Waals surface area contributed by atoms with Crippen molar-refractivity contribution in [2.24, 2.45) is 5.73 Å². The minimum atomic E-state index is -1.30. The van der Waals surface area contributed by atoms with Gasteiger partial charge in [-0.3, -0.25) is 9.69 Å². The molecule has 1 unspecified atom stereocenters. The molecule has 0 bridgehead atoms. The lowest BCUT2D eigenvalue weighted by molar-refractivity contribution is -0.115. The van der Waals surface area contributed by atoms with Crippen molar-refractivity contribution in [1.29, 1.82) is 0 Å². The van der Waals surface area contributed by atoms with Crippen LogP contribution in [0.4, 0.5) is 5.82 Å². The van der Waals surface area contributed by atoms with Gasteiger partial charge >= 0.3 is 0 Å². The number of hydrogen-bond acceptors (Lipinski definition) is 5. The second-order valence-corrected chi connectivity index (χ2v) is 5.50. The lowest BCUT2D eigenvalue weighted by Gasteiger charge is -2.17. The molecule has 1 aromatic heterocycles. The van der Waals surface area contributed by atoms with E-state index in [1.807, 2.05) is 20.8 Å². The van der Waals surface area contributed by atoms with Gasteiger partial charge in [-0.1, -0.05) is 37.5 Å². The van der Waals surface area contributed by atoms with Crippen LogP contribution in [0.25, 0.3) is 0 Å². The van der Waals surface area contributed by atoms with Crippen LogP contribution in [0.5, 0.6) is 0 Å². The van der Waals surface area contributed by atoms with Crippen molar-refractivity contribution in [1.82, 2.24) is 5.16 Å². The maximum Gasteiger partial charge on any atom is 0.275 e. The molecular formula is C11H14ClN3O3. The third kappa shape index (κ3) is 1.87. The smallest absolute Gasteiger partial charge is 0.275 e. The molecule has 0 radical (unpaired) electrons. The van der Waals surface area contributed by atoms with Crippen LogP contribution in [0, 0.1) is 0 Å². The fourth-order valence-corrected chi connectivity index (χ4v) is 1.74. The zero-order valence-electron chi connectivity index (χ0n) is 10.3. The molecule has 1 aliphatic heterocycles. The van der Waals surface area contributed by atoms with Crippen molar-refractivity contribution in [3.63, 3.8) is 0 Å². The van der Waals surface area contributed by atoms with Gasteiger partial charge in [0.2, 0.25) is 0 Å². The summed E-state index contributed by atoms with van der Waals surface area (Å²) in [6, 6.07) is 1.59. The van der Waals surface area contributed by atoms with E-state index in [0.29, 0.717) is 5.76 Å². The fourth-order valence-electron chi connectivity index (χ4n) is 1.55. The van der Waals surface area contributed by atoms with Crippen LogP contribution < -0.4 is 10.6 Å². The van der Waals surface area contributed by atoms with Crippen LogP contribution in [0.1, 0.15) is 26.5 Å². The largest absolute Gasteiger partial charge is 0.397 e. The first-order valence-electron chi connectivity index (χ1n) is 5.37. The predicted molar refractivity (Wildman–Crippen MR) is 65.8 cm³/mol. The molecule has 6 nitrogen and oxygen atoms in total. The Labute approximate surface area is 109 Å². The second-order valence-electron chi connectivity index (χ2n) is 5.12. The Hall–Kier alpha value is -1.53. The molecule has 1 atom stereocenters. The summed E-state index contributed by atoms with van der Waals surface area (Å²) in [5, 5.41) is 13.4. The molecule has 18 heavy (non-hydrogen) atoms. The number of halogens is 1. The summed E-state index contributed by atoms with van der Waals surface area (Å²) in [4.78, 5) is 12.8. The molecule has 1 aromatic rings. The Morgan fingerprint density at radius 2 is 2.17 bits per heavy atom.